The monoisotopic (exact) mass is 857 g/mol. The van der Waals surface area contributed by atoms with Crippen LogP contribution in [0.3, 0.4) is 0 Å². The van der Waals surface area contributed by atoms with Crippen LogP contribution in [-0.4, -0.2) is 0 Å². The number of rotatable bonds is 8. The fourth-order valence-corrected chi connectivity index (χ4v) is 12.5. The lowest BCUT2D eigenvalue weighted by Crippen LogP contribution is -2.28. The van der Waals surface area contributed by atoms with E-state index in [1.807, 2.05) is 0 Å². The number of nitrogens with zero attached hydrogens (tertiary/aromatic N) is 1. The van der Waals surface area contributed by atoms with Crippen molar-refractivity contribution in [1.82, 2.24) is 0 Å². The van der Waals surface area contributed by atoms with Crippen molar-refractivity contribution >= 4 is 38.5 Å². The SMILES string of the molecule is c1ccc(C2(c3ccccc3)c3ccccc3-c3ccc(N(c4ccc5ccsc5c4)c4ccccc4-c4cccc5c4-c4ccccc4C5(c4ccccc4)c4ccccc4)cc32)cc1. The summed E-state index contributed by atoms with van der Waals surface area (Å²) in [4.78, 5) is 2.51. The molecule has 2 heteroatoms. The van der Waals surface area contributed by atoms with E-state index in [-0.39, 0.29) is 0 Å². The van der Waals surface area contributed by atoms with Crippen LogP contribution in [0.5, 0.6) is 0 Å². The van der Waals surface area contributed by atoms with E-state index in [1.54, 1.807) is 11.3 Å². The molecule has 11 aromatic rings. The highest BCUT2D eigenvalue weighted by Gasteiger charge is 2.48. The van der Waals surface area contributed by atoms with Gasteiger partial charge in [-0.15, -0.1) is 11.3 Å². The molecule has 2 aliphatic rings. The molecular weight excluding hydrogens is 815 g/mol. The van der Waals surface area contributed by atoms with Crippen LogP contribution in [-0.2, 0) is 10.8 Å². The van der Waals surface area contributed by atoms with Crippen LogP contribution in [0.1, 0.15) is 44.5 Å². The average Bonchev–Trinajstić information content (AvgIpc) is 4.08. The number of para-hydroxylation sites is 1. The van der Waals surface area contributed by atoms with Gasteiger partial charge >= 0.3 is 0 Å². The molecule has 0 amide bonds. The second-order valence-corrected chi connectivity index (χ2v) is 18.5. The van der Waals surface area contributed by atoms with E-state index in [0.717, 1.165) is 17.1 Å². The molecule has 13 rings (SSSR count). The molecule has 0 fully saturated rings. The predicted molar refractivity (Wildman–Crippen MR) is 277 cm³/mol. The molecule has 10 aromatic carbocycles. The summed E-state index contributed by atoms with van der Waals surface area (Å²) >= 11 is 1.79. The number of thiophene rings is 1. The minimum absolute atomic E-state index is 0.503. The Labute approximate surface area is 390 Å². The van der Waals surface area contributed by atoms with Gasteiger partial charge in [0.05, 0.1) is 16.5 Å². The number of fused-ring (bicyclic) bond motifs is 7. The van der Waals surface area contributed by atoms with Gasteiger partial charge in [-0.25, -0.2) is 0 Å². The van der Waals surface area contributed by atoms with Gasteiger partial charge in [-0.05, 0) is 119 Å². The maximum atomic E-state index is 2.51. The van der Waals surface area contributed by atoms with Crippen molar-refractivity contribution in [2.75, 3.05) is 4.90 Å². The Balaban J connectivity index is 1.09. The summed E-state index contributed by atoms with van der Waals surface area (Å²) in [7, 11) is 0. The van der Waals surface area contributed by atoms with Crippen LogP contribution >= 0.6 is 11.3 Å². The summed E-state index contributed by atoms with van der Waals surface area (Å²) in [6, 6.07) is 95.0. The Morgan fingerprint density at radius 3 is 1.39 bits per heavy atom. The molecule has 0 aliphatic heterocycles. The molecule has 0 saturated heterocycles. The highest BCUT2D eigenvalue weighted by atomic mass is 32.1. The molecule has 0 unspecified atom stereocenters. The van der Waals surface area contributed by atoms with Gasteiger partial charge in [0.1, 0.15) is 0 Å². The Kier molecular flexibility index (Phi) is 8.91. The highest BCUT2D eigenvalue weighted by molar-refractivity contribution is 7.17. The van der Waals surface area contributed by atoms with Crippen LogP contribution < -0.4 is 4.90 Å². The van der Waals surface area contributed by atoms with Gasteiger partial charge in [-0.1, -0.05) is 218 Å². The normalized spacial score (nSPS) is 13.7. The molecule has 0 N–H and O–H groups in total. The Morgan fingerprint density at radius 1 is 0.303 bits per heavy atom. The van der Waals surface area contributed by atoms with Crippen molar-refractivity contribution in [2.24, 2.45) is 0 Å². The van der Waals surface area contributed by atoms with Crippen LogP contribution in [0.25, 0.3) is 43.5 Å². The van der Waals surface area contributed by atoms with Gasteiger partial charge in [0.25, 0.3) is 0 Å². The van der Waals surface area contributed by atoms with Crippen LogP contribution in [0.2, 0.25) is 0 Å². The zero-order valence-electron chi connectivity index (χ0n) is 36.2. The Bertz CT molecular complexity index is 3510. The van der Waals surface area contributed by atoms with E-state index in [2.05, 4.69) is 265 Å². The van der Waals surface area contributed by atoms with E-state index in [9.17, 15) is 0 Å². The maximum Gasteiger partial charge on any atom is 0.0714 e. The average molecular weight is 858 g/mol. The first-order valence-electron chi connectivity index (χ1n) is 22.8. The third-order valence-electron chi connectivity index (χ3n) is 14.3. The van der Waals surface area contributed by atoms with Gasteiger partial charge in [-0.2, -0.15) is 0 Å². The lowest BCUT2D eigenvalue weighted by molar-refractivity contribution is 0.768. The van der Waals surface area contributed by atoms with Gasteiger partial charge in [0, 0.05) is 21.6 Å². The molecule has 66 heavy (non-hydrogen) atoms. The first-order chi connectivity index (χ1) is 32.8. The van der Waals surface area contributed by atoms with Crippen molar-refractivity contribution in [2.45, 2.75) is 10.8 Å². The highest BCUT2D eigenvalue weighted by Crippen LogP contribution is 2.60. The summed E-state index contributed by atoms with van der Waals surface area (Å²) in [5.41, 5.74) is 20.0. The van der Waals surface area contributed by atoms with Gasteiger partial charge < -0.3 is 4.90 Å². The van der Waals surface area contributed by atoms with Crippen LogP contribution in [0.4, 0.5) is 17.1 Å². The van der Waals surface area contributed by atoms with Crippen molar-refractivity contribution < 1.29 is 0 Å². The Morgan fingerprint density at radius 2 is 0.758 bits per heavy atom. The van der Waals surface area contributed by atoms with Crippen molar-refractivity contribution in [3.05, 3.63) is 305 Å². The summed E-state index contributed by atoms with van der Waals surface area (Å²) in [6.45, 7) is 0. The van der Waals surface area contributed by atoms with Gasteiger partial charge in [-0.3, -0.25) is 0 Å². The van der Waals surface area contributed by atoms with Crippen LogP contribution in [0, 0.1) is 0 Å². The standard InChI is InChI=1S/C64H43NS/c1-5-20-45(21-6-1)63(46-22-7-2-8-23-46)57-33-17-14-30-55(57)62-54(31-19-34-58(62)63)53-29-15-18-35-60(53)65(50-37-36-44-40-41-66-61(44)43-50)49-38-39-52-51-28-13-16-32-56(51)64(59(52)42-49,47-24-9-3-10-25-47)48-26-11-4-12-27-48/h1-43H. The van der Waals surface area contributed by atoms with Crippen molar-refractivity contribution in [3.63, 3.8) is 0 Å². The van der Waals surface area contributed by atoms with E-state index in [1.165, 1.54) is 88.0 Å². The summed E-state index contributed by atoms with van der Waals surface area (Å²) in [5, 5.41) is 3.45. The molecule has 0 radical (unpaired) electrons. The lowest BCUT2D eigenvalue weighted by atomic mass is 9.67. The maximum absolute atomic E-state index is 2.51. The number of hydrogen-bond acceptors (Lipinski definition) is 2. The van der Waals surface area contributed by atoms with Gasteiger partial charge in [0.2, 0.25) is 0 Å². The topological polar surface area (TPSA) is 3.24 Å². The fraction of sp³-hybridized carbons (Fsp3) is 0.0312. The summed E-state index contributed by atoms with van der Waals surface area (Å²) < 4.78 is 1.26. The molecule has 0 saturated carbocycles. The molecule has 2 aliphatic carbocycles. The van der Waals surface area contributed by atoms with E-state index in [0.29, 0.717) is 0 Å². The zero-order chi connectivity index (χ0) is 43.7. The smallest absolute Gasteiger partial charge is 0.0714 e. The van der Waals surface area contributed by atoms with E-state index < -0.39 is 10.8 Å². The molecule has 0 bridgehead atoms. The van der Waals surface area contributed by atoms with E-state index in [4.69, 9.17) is 0 Å². The summed E-state index contributed by atoms with van der Waals surface area (Å²) in [6.07, 6.45) is 0. The molecule has 0 atom stereocenters. The first-order valence-corrected chi connectivity index (χ1v) is 23.7. The molecule has 310 valence electrons. The molecule has 1 heterocycles. The molecule has 1 aromatic heterocycles. The second kappa shape index (κ2) is 15.3. The van der Waals surface area contributed by atoms with Crippen molar-refractivity contribution in [1.29, 1.82) is 0 Å². The minimum Gasteiger partial charge on any atom is -0.310 e. The number of benzene rings is 10. The number of hydrogen-bond donors (Lipinski definition) is 0. The molecule has 0 spiro atoms. The molecular formula is C64H43NS. The third kappa shape index (κ3) is 5.52. The molecule has 1 nitrogen and oxygen atoms in total. The Hall–Kier alpha value is -8.04. The third-order valence-corrected chi connectivity index (χ3v) is 15.2. The van der Waals surface area contributed by atoms with Crippen LogP contribution in [0.15, 0.2) is 260 Å². The van der Waals surface area contributed by atoms with Crippen molar-refractivity contribution in [3.8, 4) is 33.4 Å². The minimum atomic E-state index is -0.532. The van der Waals surface area contributed by atoms with E-state index >= 15 is 0 Å². The second-order valence-electron chi connectivity index (χ2n) is 17.5. The number of anilines is 3. The summed E-state index contributed by atoms with van der Waals surface area (Å²) in [5.74, 6) is 0. The fourth-order valence-electron chi connectivity index (χ4n) is 11.7. The quantitative estimate of drug-likeness (QED) is 0.147. The van der Waals surface area contributed by atoms with Gasteiger partial charge in [0.15, 0.2) is 0 Å². The zero-order valence-corrected chi connectivity index (χ0v) is 37.0. The lowest BCUT2D eigenvalue weighted by Gasteiger charge is -2.35. The predicted octanol–water partition coefficient (Wildman–Crippen LogP) is 16.8. The largest absolute Gasteiger partial charge is 0.310 e. The first kappa shape index (κ1) is 38.4.